The van der Waals surface area contributed by atoms with E-state index < -0.39 is 5.60 Å². The molecule has 0 aliphatic rings. The zero-order chi connectivity index (χ0) is 21.0. The molecule has 1 aromatic carbocycles. The zero-order valence-corrected chi connectivity index (χ0v) is 20.0. The molecule has 28 heavy (non-hydrogen) atoms. The van der Waals surface area contributed by atoms with Gasteiger partial charge in [-0.25, -0.2) is 0 Å². The number of aromatic nitrogens is 1. The summed E-state index contributed by atoms with van der Waals surface area (Å²) in [7, 11) is 3.54. The lowest BCUT2D eigenvalue weighted by molar-refractivity contribution is -0.131. The van der Waals surface area contributed by atoms with E-state index in [9.17, 15) is 0 Å². The van der Waals surface area contributed by atoms with E-state index in [2.05, 4.69) is 83.2 Å². The fourth-order valence-electron chi connectivity index (χ4n) is 5.05. The van der Waals surface area contributed by atoms with Gasteiger partial charge in [-0.2, -0.15) is 0 Å². The second-order valence-electron chi connectivity index (χ2n) is 9.90. The normalized spacial score (nSPS) is 15.0. The van der Waals surface area contributed by atoms with Gasteiger partial charge in [0.2, 0.25) is 10.5 Å². The standard InChI is InChI=1S/C25H38NOSi/c1-8-9-10-11-14-17-24(6,7)25(27-28,23(3,4)5)21-18-20-15-12-13-16-22(20)26-19(21)2/h12-13,15-16,18H,8-11,14,17H2,1-7H3. The number of hydrogen-bond donors (Lipinski definition) is 0. The summed E-state index contributed by atoms with van der Waals surface area (Å²) in [6.07, 6.45) is 7.55. The van der Waals surface area contributed by atoms with E-state index in [0.29, 0.717) is 0 Å². The van der Waals surface area contributed by atoms with Crippen LogP contribution in [0.25, 0.3) is 10.9 Å². The number of benzene rings is 1. The Kier molecular flexibility index (Phi) is 7.49. The Bertz CT molecular complexity index is 778. The SMILES string of the molecule is CCCCCCCC(C)(C)C(O[Si])(c1cc2ccccc2nc1C)C(C)(C)C. The summed E-state index contributed by atoms with van der Waals surface area (Å²) < 4.78 is 6.33. The topological polar surface area (TPSA) is 22.1 Å². The Balaban J connectivity index is 2.53. The summed E-state index contributed by atoms with van der Waals surface area (Å²) in [5.74, 6) is 0. The molecule has 0 saturated carbocycles. The van der Waals surface area contributed by atoms with Crippen LogP contribution in [-0.2, 0) is 10.0 Å². The summed E-state index contributed by atoms with van der Waals surface area (Å²) in [6, 6.07) is 10.6. The van der Waals surface area contributed by atoms with E-state index in [0.717, 1.165) is 17.6 Å². The third kappa shape index (κ3) is 4.36. The highest BCUT2D eigenvalue weighted by atomic mass is 28.2. The molecule has 2 rings (SSSR count). The smallest absolute Gasteiger partial charge is 0.247 e. The maximum absolute atomic E-state index is 6.33. The van der Waals surface area contributed by atoms with Gasteiger partial charge in [-0.3, -0.25) is 4.98 Å². The molecular weight excluding hydrogens is 358 g/mol. The van der Waals surface area contributed by atoms with Crippen molar-refractivity contribution in [2.45, 2.75) is 92.6 Å². The highest BCUT2D eigenvalue weighted by Gasteiger charge is 2.54. The first-order valence-corrected chi connectivity index (χ1v) is 11.2. The van der Waals surface area contributed by atoms with Crippen molar-refractivity contribution in [3.8, 4) is 0 Å². The molecule has 0 fully saturated rings. The van der Waals surface area contributed by atoms with Gasteiger partial charge in [-0.1, -0.05) is 91.8 Å². The number of para-hydroxylation sites is 1. The molecule has 153 valence electrons. The summed E-state index contributed by atoms with van der Waals surface area (Å²) >= 11 is 0. The number of hydrogen-bond acceptors (Lipinski definition) is 2. The minimum Gasteiger partial charge on any atom is -0.408 e. The third-order valence-electron chi connectivity index (χ3n) is 6.36. The van der Waals surface area contributed by atoms with Gasteiger partial charge in [0.15, 0.2) is 0 Å². The minimum absolute atomic E-state index is 0.0614. The minimum atomic E-state index is -0.497. The third-order valence-corrected chi connectivity index (χ3v) is 6.67. The van der Waals surface area contributed by atoms with Gasteiger partial charge in [-0.05, 0) is 36.3 Å². The molecule has 0 aliphatic heterocycles. The van der Waals surface area contributed by atoms with Gasteiger partial charge in [-0.15, -0.1) is 0 Å². The molecule has 0 bridgehead atoms. The van der Waals surface area contributed by atoms with Crippen LogP contribution in [0.4, 0.5) is 0 Å². The molecule has 2 nitrogen and oxygen atoms in total. The Labute approximate surface area is 176 Å². The molecule has 1 aromatic heterocycles. The van der Waals surface area contributed by atoms with Crippen molar-refractivity contribution in [2.75, 3.05) is 0 Å². The van der Waals surface area contributed by atoms with Gasteiger partial charge in [0, 0.05) is 16.6 Å². The zero-order valence-electron chi connectivity index (χ0n) is 19.0. The molecule has 1 heterocycles. The molecule has 1 unspecified atom stereocenters. The molecule has 0 amide bonds. The van der Waals surface area contributed by atoms with Crippen molar-refractivity contribution in [1.82, 2.24) is 4.98 Å². The number of rotatable bonds is 9. The lowest BCUT2D eigenvalue weighted by Crippen LogP contribution is -2.53. The first-order chi connectivity index (χ1) is 13.1. The highest BCUT2D eigenvalue weighted by Crippen LogP contribution is 2.56. The van der Waals surface area contributed by atoms with Gasteiger partial charge in [0.1, 0.15) is 0 Å². The van der Waals surface area contributed by atoms with Crippen LogP contribution in [0, 0.1) is 17.8 Å². The number of unbranched alkanes of at least 4 members (excludes halogenated alkanes) is 4. The van der Waals surface area contributed by atoms with Gasteiger partial charge >= 0.3 is 0 Å². The molecule has 1 atom stereocenters. The molecule has 2 aromatic rings. The first-order valence-electron chi connectivity index (χ1n) is 10.8. The van der Waals surface area contributed by atoms with Crippen LogP contribution < -0.4 is 0 Å². The van der Waals surface area contributed by atoms with Crippen LogP contribution >= 0.6 is 0 Å². The van der Waals surface area contributed by atoms with Crippen molar-refractivity contribution in [2.24, 2.45) is 10.8 Å². The van der Waals surface area contributed by atoms with Crippen LogP contribution in [0.2, 0.25) is 0 Å². The summed E-state index contributed by atoms with van der Waals surface area (Å²) in [4.78, 5) is 4.94. The molecule has 0 aliphatic carbocycles. The Morgan fingerprint density at radius 2 is 1.61 bits per heavy atom. The number of aryl methyl sites for hydroxylation is 1. The monoisotopic (exact) mass is 396 g/mol. The van der Waals surface area contributed by atoms with Crippen molar-refractivity contribution >= 4 is 21.4 Å². The largest absolute Gasteiger partial charge is 0.408 e. The van der Waals surface area contributed by atoms with Gasteiger partial charge < -0.3 is 4.43 Å². The average Bonchev–Trinajstić information content (AvgIpc) is 2.61. The number of fused-ring (bicyclic) bond motifs is 1. The van der Waals surface area contributed by atoms with Crippen molar-refractivity contribution in [3.05, 3.63) is 41.6 Å². The fraction of sp³-hybridized carbons (Fsp3) is 0.640. The van der Waals surface area contributed by atoms with Crippen molar-refractivity contribution in [1.29, 1.82) is 0 Å². The molecule has 3 radical (unpaired) electrons. The Morgan fingerprint density at radius 1 is 0.964 bits per heavy atom. The van der Waals surface area contributed by atoms with Crippen LogP contribution in [0.5, 0.6) is 0 Å². The van der Waals surface area contributed by atoms with E-state index in [4.69, 9.17) is 9.41 Å². The fourth-order valence-corrected chi connectivity index (χ4v) is 5.74. The lowest BCUT2D eigenvalue weighted by Gasteiger charge is -2.55. The maximum atomic E-state index is 6.33. The second kappa shape index (κ2) is 9.09. The predicted octanol–water partition coefficient (Wildman–Crippen LogP) is 7.27. The summed E-state index contributed by atoms with van der Waals surface area (Å²) in [5.41, 5.74) is 2.60. The second-order valence-corrected chi connectivity index (χ2v) is 10.1. The van der Waals surface area contributed by atoms with Crippen LogP contribution in [0.3, 0.4) is 0 Å². The summed E-state index contributed by atoms with van der Waals surface area (Å²) in [6.45, 7) is 15.9. The van der Waals surface area contributed by atoms with Gasteiger partial charge in [0.25, 0.3) is 0 Å². The van der Waals surface area contributed by atoms with E-state index in [1.54, 1.807) is 0 Å². The van der Waals surface area contributed by atoms with Crippen LogP contribution in [0.1, 0.15) is 91.3 Å². The maximum Gasteiger partial charge on any atom is 0.247 e. The predicted molar refractivity (Wildman–Crippen MR) is 122 cm³/mol. The van der Waals surface area contributed by atoms with Gasteiger partial charge in [0.05, 0.1) is 11.1 Å². The van der Waals surface area contributed by atoms with E-state index >= 15 is 0 Å². The Hall–Kier alpha value is -1.19. The highest BCUT2D eigenvalue weighted by molar-refractivity contribution is 5.98. The van der Waals surface area contributed by atoms with Crippen molar-refractivity contribution < 1.29 is 4.43 Å². The van der Waals surface area contributed by atoms with E-state index in [-0.39, 0.29) is 10.8 Å². The van der Waals surface area contributed by atoms with Crippen LogP contribution in [-0.4, -0.2) is 15.5 Å². The number of pyridine rings is 1. The molecular formula is C25H38NOSi. The lowest BCUT2D eigenvalue weighted by atomic mass is 9.57. The average molecular weight is 397 g/mol. The van der Waals surface area contributed by atoms with Crippen LogP contribution in [0.15, 0.2) is 30.3 Å². The first kappa shape index (κ1) is 23.1. The molecule has 3 heteroatoms. The Morgan fingerprint density at radius 3 is 2.21 bits per heavy atom. The van der Waals surface area contributed by atoms with Crippen molar-refractivity contribution in [3.63, 3.8) is 0 Å². The van der Waals surface area contributed by atoms with E-state index in [1.165, 1.54) is 43.1 Å². The molecule has 0 spiro atoms. The van der Waals surface area contributed by atoms with E-state index in [1.807, 2.05) is 6.07 Å². The summed E-state index contributed by atoms with van der Waals surface area (Å²) in [5, 5.41) is 1.17. The quantitative estimate of drug-likeness (QED) is 0.328. The number of nitrogens with zero attached hydrogens (tertiary/aromatic N) is 1. The molecule has 0 saturated heterocycles. The molecule has 0 N–H and O–H groups in total.